The lowest BCUT2D eigenvalue weighted by molar-refractivity contribution is 0.247. The smallest absolute Gasteiger partial charge is 0.211 e. The predicted molar refractivity (Wildman–Crippen MR) is 87.4 cm³/mol. The Bertz CT molecular complexity index is 551. The molecule has 7 heteroatoms. The van der Waals surface area contributed by atoms with Crippen LogP contribution in [0, 0.1) is 12.8 Å². The topological polar surface area (TPSA) is 63.4 Å². The summed E-state index contributed by atoms with van der Waals surface area (Å²) in [5.74, 6) is 0.356. The van der Waals surface area contributed by atoms with Crippen LogP contribution in [0.4, 0.5) is 0 Å². The zero-order valence-electron chi connectivity index (χ0n) is 11.8. The van der Waals surface area contributed by atoms with Crippen molar-refractivity contribution < 1.29 is 8.42 Å². The number of hydrogen-bond donors (Lipinski definition) is 1. The lowest BCUT2D eigenvalue weighted by atomic mass is 9.92. The van der Waals surface area contributed by atoms with Crippen molar-refractivity contribution in [3.63, 3.8) is 0 Å². The maximum Gasteiger partial charge on any atom is 0.211 e. The molecule has 0 radical (unpaired) electrons. The largest absolute Gasteiger partial charge is 0.323 e. The summed E-state index contributed by atoms with van der Waals surface area (Å²) in [6, 6.07) is 2.12. The molecule has 0 bridgehead atoms. The van der Waals surface area contributed by atoms with E-state index >= 15 is 0 Å². The Balaban J connectivity index is 1.99. The highest BCUT2D eigenvalue weighted by Gasteiger charge is 2.27. The van der Waals surface area contributed by atoms with Crippen LogP contribution in [0.15, 0.2) is 9.85 Å². The molecule has 2 atom stereocenters. The highest BCUT2D eigenvalue weighted by Crippen LogP contribution is 2.34. The SMILES string of the molecule is Cc1cc(C(N)CC2CCCN(S(C)(=O)=O)C2)sc1Br. The van der Waals surface area contributed by atoms with Gasteiger partial charge in [-0.3, -0.25) is 0 Å². The molecule has 20 heavy (non-hydrogen) atoms. The Morgan fingerprint density at radius 3 is 2.85 bits per heavy atom. The van der Waals surface area contributed by atoms with Gasteiger partial charge in [0.15, 0.2) is 0 Å². The first-order valence-electron chi connectivity index (χ1n) is 6.74. The fourth-order valence-corrected chi connectivity index (χ4v) is 5.19. The molecule has 1 fully saturated rings. The minimum Gasteiger partial charge on any atom is -0.323 e. The highest BCUT2D eigenvalue weighted by molar-refractivity contribution is 9.11. The number of nitrogens with zero attached hydrogens (tertiary/aromatic N) is 1. The summed E-state index contributed by atoms with van der Waals surface area (Å²) >= 11 is 5.20. The molecule has 114 valence electrons. The molecular formula is C13H21BrN2O2S2. The van der Waals surface area contributed by atoms with E-state index in [1.165, 1.54) is 16.7 Å². The molecule has 4 nitrogen and oxygen atoms in total. The zero-order chi connectivity index (χ0) is 14.9. The van der Waals surface area contributed by atoms with Gasteiger partial charge in [0.2, 0.25) is 10.0 Å². The van der Waals surface area contributed by atoms with Gasteiger partial charge in [0.25, 0.3) is 0 Å². The summed E-state index contributed by atoms with van der Waals surface area (Å²) in [6.45, 7) is 3.31. The van der Waals surface area contributed by atoms with Gasteiger partial charge < -0.3 is 5.73 Å². The second kappa shape index (κ2) is 6.44. The van der Waals surface area contributed by atoms with Gasteiger partial charge >= 0.3 is 0 Å². The van der Waals surface area contributed by atoms with Crippen molar-refractivity contribution in [1.29, 1.82) is 0 Å². The van der Waals surface area contributed by atoms with Gasteiger partial charge in [0, 0.05) is 24.0 Å². The van der Waals surface area contributed by atoms with E-state index < -0.39 is 10.0 Å². The third-order valence-electron chi connectivity index (χ3n) is 3.78. The molecule has 2 N–H and O–H groups in total. The number of hydrogen-bond acceptors (Lipinski definition) is 4. The summed E-state index contributed by atoms with van der Waals surface area (Å²) in [5, 5.41) is 0. The van der Waals surface area contributed by atoms with Crippen LogP contribution in [-0.2, 0) is 10.0 Å². The molecule has 0 saturated carbocycles. The quantitative estimate of drug-likeness (QED) is 0.872. The lowest BCUT2D eigenvalue weighted by Gasteiger charge is -2.32. The fraction of sp³-hybridized carbons (Fsp3) is 0.692. The van der Waals surface area contributed by atoms with Crippen molar-refractivity contribution in [2.75, 3.05) is 19.3 Å². The van der Waals surface area contributed by atoms with E-state index in [2.05, 4.69) is 28.9 Å². The molecule has 2 unspecified atom stereocenters. The molecule has 0 amide bonds. The average Bonchev–Trinajstić information content (AvgIpc) is 2.69. The molecule has 1 aromatic heterocycles. The predicted octanol–water partition coefficient (Wildman–Crippen LogP) is 2.88. The molecule has 0 aliphatic carbocycles. The van der Waals surface area contributed by atoms with Gasteiger partial charge in [-0.05, 0) is 59.7 Å². The van der Waals surface area contributed by atoms with Gasteiger partial charge in [0.05, 0.1) is 10.0 Å². The van der Waals surface area contributed by atoms with Crippen molar-refractivity contribution in [3.05, 3.63) is 20.3 Å². The third-order valence-corrected chi connectivity index (χ3v) is 7.32. The number of nitrogens with two attached hydrogens (primary N) is 1. The van der Waals surface area contributed by atoms with E-state index in [-0.39, 0.29) is 6.04 Å². The Labute approximate surface area is 133 Å². The van der Waals surface area contributed by atoms with Crippen LogP contribution >= 0.6 is 27.3 Å². The van der Waals surface area contributed by atoms with Crippen LogP contribution in [0.2, 0.25) is 0 Å². The molecule has 1 aliphatic rings. The number of piperidine rings is 1. The van der Waals surface area contributed by atoms with Crippen LogP contribution in [-0.4, -0.2) is 32.1 Å². The summed E-state index contributed by atoms with van der Waals surface area (Å²) in [5.41, 5.74) is 7.49. The molecule has 2 heterocycles. The van der Waals surface area contributed by atoms with Crippen LogP contribution in [0.25, 0.3) is 0 Å². The Hall–Kier alpha value is 0.0500. The van der Waals surface area contributed by atoms with Gasteiger partial charge in [-0.2, -0.15) is 0 Å². The van der Waals surface area contributed by atoms with Crippen LogP contribution in [0.5, 0.6) is 0 Å². The zero-order valence-corrected chi connectivity index (χ0v) is 15.0. The Kier molecular flexibility index (Phi) is 5.29. The number of halogens is 1. The molecule has 1 saturated heterocycles. The second-order valence-electron chi connectivity index (χ2n) is 5.58. The average molecular weight is 381 g/mol. The number of rotatable bonds is 4. The van der Waals surface area contributed by atoms with Gasteiger partial charge in [-0.15, -0.1) is 11.3 Å². The van der Waals surface area contributed by atoms with Gasteiger partial charge in [0.1, 0.15) is 0 Å². The summed E-state index contributed by atoms with van der Waals surface area (Å²) < 4.78 is 26.0. The maximum atomic E-state index is 11.6. The van der Waals surface area contributed by atoms with Crippen molar-refractivity contribution in [3.8, 4) is 0 Å². The summed E-state index contributed by atoms with van der Waals surface area (Å²) in [7, 11) is -3.07. The first-order valence-corrected chi connectivity index (χ1v) is 10.2. The second-order valence-corrected chi connectivity index (χ2v) is 9.96. The van der Waals surface area contributed by atoms with E-state index in [0.717, 1.165) is 23.0 Å². The minimum absolute atomic E-state index is 0.00508. The lowest BCUT2D eigenvalue weighted by Crippen LogP contribution is -2.40. The van der Waals surface area contributed by atoms with Crippen molar-refractivity contribution in [2.24, 2.45) is 11.7 Å². The molecule has 1 aromatic rings. The van der Waals surface area contributed by atoms with Crippen LogP contribution < -0.4 is 5.73 Å². The van der Waals surface area contributed by atoms with Crippen molar-refractivity contribution in [1.82, 2.24) is 4.31 Å². The number of thiophene rings is 1. The third kappa shape index (κ3) is 4.04. The van der Waals surface area contributed by atoms with E-state index in [9.17, 15) is 8.42 Å². The first-order chi connectivity index (χ1) is 9.27. The maximum absolute atomic E-state index is 11.6. The molecule has 1 aliphatic heterocycles. The van der Waals surface area contributed by atoms with Crippen molar-refractivity contribution in [2.45, 2.75) is 32.2 Å². The molecule has 0 aromatic carbocycles. The molecule has 0 spiro atoms. The Morgan fingerprint density at radius 2 is 2.30 bits per heavy atom. The van der Waals surface area contributed by atoms with Crippen LogP contribution in [0.3, 0.4) is 0 Å². The molecule has 2 rings (SSSR count). The highest BCUT2D eigenvalue weighted by atomic mass is 79.9. The van der Waals surface area contributed by atoms with E-state index in [4.69, 9.17) is 5.73 Å². The first kappa shape index (κ1) is 16.4. The molecular weight excluding hydrogens is 360 g/mol. The van der Waals surface area contributed by atoms with E-state index in [0.29, 0.717) is 19.0 Å². The van der Waals surface area contributed by atoms with E-state index in [1.54, 1.807) is 15.6 Å². The van der Waals surface area contributed by atoms with Crippen LogP contribution in [0.1, 0.15) is 35.7 Å². The fourth-order valence-electron chi connectivity index (χ4n) is 2.66. The monoisotopic (exact) mass is 380 g/mol. The van der Waals surface area contributed by atoms with Gasteiger partial charge in [-0.25, -0.2) is 12.7 Å². The standard InChI is InChI=1S/C13H21BrN2O2S2/c1-9-6-12(19-13(9)14)11(15)7-10-4-3-5-16(8-10)20(2,17)18/h6,10-11H,3-5,7-8,15H2,1-2H3. The normalized spacial score (nSPS) is 22.9. The van der Waals surface area contributed by atoms with Crippen molar-refractivity contribution >= 4 is 37.3 Å². The van der Waals surface area contributed by atoms with Gasteiger partial charge in [-0.1, -0.05) is 0 Å². The summed E-state index contributed by atoms with van der Waals surface area (Å²) in [6.07, 6.45) is 4.12. The minimum atomic E-state index is -3.07. The number of aryl methyl sites for hydroxylation is 1. The van der Waals surface area contributed by atoms with E-state index in [1.807, 2.05) is 0 Å². The number of sulfonamides is 1. The Morgan fingerprint density at radius 1 is 1.60 bits per heavy atom. The summed E-state index contributed by atoms with van der Waals surface area (Å²) in [4.78, 5) is 1.17.